The third-order valence-corrected chi connectivity index (χ3v) is 6.08. The number of aromatic nitrogens is 3. The number of imidazole rings is 1. The molecule has 0 aliphatic carbocycles. The highest BCUT2D eigenvalue weighted by atomic mass is 32.1. The fourth-order valence-corrected chi connectivity index (χ4v) is 4.42. The summed E-state index contributed by atoms with van der Waals surface area (Å²) in [7, 11) is 1.58. The van der Waals surface area contributed by atoms with Crippen molar-refractivity contribution in [1.82, 2.24) is 19.9 Å². The number of nitrogens with zero attached hydrogens (tertiary/aromatic N) is 3. The summed E-state index contributed by atoms with van der Waals surface area (Å²) in [6.07, 6.45) is 2.01. The number of ether oxygens (including phenoxy) is 1. The predicted octanol–water partition coefficient (Wildman–Crippen LogP) is 3.66. The highest BCUT2D eigenvalue weighted by molar-refractivity contribution is 7.15. The molecule has 2 aromatic heterocycles. The van der Waals surface area contributed by atoms with Crippen LogP contribution in [0.15, 0.2) is 18.2 Å². The first kappa shape index (κ1) is 17.0. The molecule has 1 aliphatic rings. The predicted molar refractivity (Wildman–Crippen MR) is 102 cm³/mol. The van der Waals surface area contributed by atoms with Crippen LogP contribution in [0.1, 0.15) is 45.5 Å². The molecule has 0 radical (unpaired) electrons. The van der Waals surface area contributed by atoms with Gasteiger partial charge in [0.1, 0.15) is 10.7 Å². The van der Waals surface area contributed by atoms with Gasteiger partial charge in [0.2, 0.25) is 0 Å². The van der Waals surface area contributed by atoms with Gasteiger partial charge in [-0.25, -0.2) is 9.97 Å². The van der Waals surface area contributed by atoms with Crippen molar-refractivity contribution < 1.29 is 9.53 Å². The summed E-state index contributed by atoms with van der Waals surface area (Å²) in [5, 5.41) is 0.534. The zero-order valence-electron chi connectivity index (χ0n) is 15.2. The van der Waals surface area contributed by atoms with Gasteiger partial charge in [-0.05, 0) is 38.3 Å². The quantitative estimate of drug-likeness (QED) is 0.764. The lowest BCUT2D eigenvalue weighted by Crippen LogP contribution is -2.39. The van der Waals surface area contributed by atoms with Crippen molar-refractivity contribution in [3.8, 4) is 5.19 Å². The number of hydrogen-bond acceptors (Lipinski definition) is 5. The van der Waals surface area contributed by atoms with Gasteiger partial charge in [0.25, 0.3) is 11.1 Å². The molecule has 1 unspecified atom stereocenters. The maximum absolute atomic E-state index is 13.0. The molecular weight excluding hydrogens is 348 g/mol. The van der Waals surface area contributed by atoms with Crippen LogP contribution in [0, 0.1) is 13.8 Å². The molecule has 1 amide bonds. The number of nitrogens with one attached hydrogen (secondary N) is 1. The Balaban J connectivity index is 1.57. The second-order valence-corrected chi connectivity index (χ2v) is 7.74. The van der Waals surface area contributed by atoms with E-state index in [-0.39, 0.29) is 11.8 Å². The third kappa shape index (κ3) is 2.96. The summed E-state index contributed by atoms with van der Waals surface area (Å²) in [6, 6.07) is 6.16. The molecule has 1 aromatic carbocycles. The standard InChI is InChI=1S/C19H22N4O2S/c1-11-6-4-8-14-15(11)22-17(21-14)13-7-5-9-23(10-13)18(24)16-12(2)20-19(25-3)26-16/h4,6,8,13H,5,7,9-10H2,1-3H3,(H,21,22). The van der Waals surface area contributed by atoms with E-state index in [9.17, 15) is 4.79 Å². The van der Waals surface area contributed by atoms with Crippen molar-refractivity contribution in [3.63, 3.8) is 0 Å². The van der Waals surface area contributed by atoms with E-state index in [1.54, 1.807) is 7.11 Å². The van der Waals surface area contributed by atoms with Crippen LogP contribution in [0.5, 0.6) is 5.19 Å². The molecule has 136 valence electrons. The van der Waals surface area contributed by atoms with E-state index >= 15 is 0 Å². The van der Waals surface area contributed by atoms with Gasteiger partial charge in [-0.3, -0.25) is 4.79 Å². The van der Waals surface area contributed by atoms with Gasteiger partial charge < -0.3 is 14.6 Å². The van der Waals surface area contributed by atoms with Crippen molar-refractivity contribution in [3.05, 3.63) is 40.2 Å². The third-order valence-electron chi connectivity index (χ3n) is 4.97. The van der Waals surface area contributed by atoms with E-state index in [1.807, 2.05) is 17.9 Å². The largest absolute Gasteiger partial charge is 0.473 e. The maximum atomic E-state index is 13.0. The van der Waals surface area contributed by atoms with Crippen molar-refractivity contribution in [2.75, 3.05) is 20.2 Å². The molecular formula is C19H22N4O2S. The monoisotopic (exact) mass is 370 g/mol. The van der Waals surface area contributed by atoms with Gasteiger partial charge in [-0.2, -0.15) is 0 Å². The molecule has 26 heavy (non-hydrogen) atoms. The minimum Gasteiger partial charge on any atom is -0.473 e. The number of likely N-dealkylation sites (tertiary alicyclic amines) is 1. The van der Waals surface area contributed by atoms with Crippen LogP contribution in [-0.4, -0.2) is 46.0 Å². The van der Waals surface area contributed by atoms with Crippen LogP contribution in [0.4, 0.5) is 0 Å². The van der Waals surface area contributed by atoms with Gasteiger partial charge in [0.15, 0.2) is 0 Å². The normalized spacial score (nSPS) is 17.7. The van der Waals surface area contributed by atoms with Gasteiger partial charge >= 0.3 is 0 Å². The topological polar surface area (TPSA) is 71.1 Å². The fraction of sp³-hybridized carbons (Fsp3) is 0.421. The number of thiazole rings is 1. The summed E-state index contributed by atoms with van der Waals surface area (Å²) >= 11 is 1.32. The van der Waals surface area contributed by atoms with E-state index in [4.69, 9.17) is 9.72 Å². The van der Waals surface area contributed by atoms with Crippen molar-refractivity contribution in [1.29, 1.82) is 0 Å². The lowest BCUT2D eigenvalue weighted by atomic mass is 9.97. The molecule has 0 spiro atoms. The summed E-state index contributed by atoms with van der Waals surface area (Å²) in [4.78, 5) is 28.1. The lowest BCUT2D eigenvalue weighted by Gasteiger charge is -2.31. The Morgan fingerprint density at radius 3 is 2.92 bits per heavy atom. The van der Waals surface area contributed by atoms with Crippen LogP contribution in [0.25, 0.3) is 11.0 Å². The van der Waals surface area contributed by atoms with E-state index in [2.05, 4.69) is 29.0 Å². The number of amides is 1. The Hall–Kier alpha value is -2.41. The van der Waals surface area contributed by atoms with E-state index in [1.165, 1.54) is 16.9 Å². The van der Waals surface area contributed by atoms with Crippen molar-refractivity contribution in [2.24, 2.45) is 0 Å². The Bertz CT molecular complexity index is 962. The van der Waals surface area contributed by atoms with Crippen LogP contribution in [-0.2, 0) is 0 Å². The van der Waals surface area contributed by atoms with Crippen molar-refractivity contribution >= 4 is 28.3 Å². The molecule has 0 bridgehead atoms. The van der Waals surface area contributed by atoms with Crippen molar-refractivity contribution in [2.45, 2.75) is 32.6 Å². The van der Waals surface area contributed by atoms with Crippen LogP contribution in [0.2, 0.25) is 0 Å². The maximum Gasteiger partial charge on any atom is 0.273 e. The first-order chi connectivity index (χ1) is 12.6. The number of para-hydroxylation sites is 1. The Morgan fingerprint density at radius 2 is 2.19 bits per heavy atom. The summed E-state index contributed by atoms with van der Waals surface area (Å²) in [5.74, 6) is 1.25. The molecule has 1 N–H and O–H groups in total. The number of hydrogen-bond donors (Lipinski definition) is 1. The SMILES string of the molecule is COc1nc(C)c(C(=O)N2CCCC(c3nc4c(C)cccc4[nH]3)C2)s1. The number of methoxy groups -OCH3 is 1. The Labute approximate surface area is 156 Å². The zero-order valence-corrected chi connectivity index (χ0v) is 16.0. The molecule has 6 nitrogen and oxygen atoms in total. The number of benzene rings is 1. The smallest absolute Gasteiger partial charge is 0.273 e. The van der Waals surface area contributed by atoms with E-state index in [0.29, 0.717) is 16.6 Å². The minimum absolute atomic E-state index is 0.0419. The van der Waals surface area contributed by atoms with E-state index < -0.39 is 0 Å². The molecule has 3 aromatic rings. The first-order valence-electron chi connectivity index (χ1n) is 8.82. The molecule has 1 fully saturated rings. The highest BCUT2D eigenvalue weighted by Crippen LogP contribution is 2.31. The molecule has 7 heteroatoms. The first-order valence-corrected chi connectivity index (χ1v) is 9.64. The second kappa shape index (κ2) is 6.72. The number of aryl methyl sites for hydroxylation is 2. The summed E-state index contributed by atoms with van der Waals surface area (Å²) < 4.78 is 5.17. The molecule has 1 saturated heterocycles. The number of aromatic amines is 1. The lowest BCUT2D eigenvalue weighted by molar-refractivity contribution is 0.0709. The molecule has 4 rings (SSSR count). The number of carbonyl (C=O) groups is 1. The summed E-state index contributed by atoms with van der Waals surface area (Å²) in [6.45, 7) is 5.38. The molecule has 0 saturated carbocycles. The zero-order chi connectivity index (χ0) is 18.3. The Kier molecular flexibility index (Phi) is 4.40. The number of rotatable bonds is 3. The van der Waals surface area contributed by atoms with Crippen LogP contribution in [0.3, 0.4) is 0 Å². The Morgan fingerprint density at radius 1 is 1.35 bits per heavy atom. The van der Waals surface area contributed by atoms with E-state index in [0.717, 1.165) is 41.9 Å². The number of piperidine rings is 1. The average Bonchev–Trinajstić information content (AvgIpc) is 3.25. The second-order valence-electron chi connectivity index (χ2n) is 6.78. The molecule has 1 atom stereocenters. The molecule has 1 aliphatic heterocycles. The number of H-pyrrole nitrogens is 1. The van der Waals surface area contributed by atoms with Crippen LogP contribution < -0.4 is 4.74 Å². The van der Waals surface area contributed by atoms with Crippen LogP contribution >= 0.6 is 11.3 Å². The van der Waals surface area contributed by atoms with Gasteiger partial charge in [-0.1, -0.05) is 23.5 Å². The molecule has 3 heterocycles. The number of carbonyl (C=O) groups excluding carboxylic acids is 1. The number of fused-ring (bicyclic) bond motifs is 1. The summed E-state index contributed by atoms with van der Waals surface area (Å²) in [5.41, 5.74) is 3.99. The van der Waals surface area contributed by atoms with Gasteiger partial charge in [0.05, 0.1) is 23.8 Å². The highest BCUT2D eigenvalue weighted by Gasteiger charge is 2.29. The average molecular weight is 370 g/mol. The fourth-order valence-electron chi connectivity index (χ4n) is 3.57. The van der Waals surface area contributed by atoms with Gasteiger partial charge in [-0.15, -0.1) is 0 Å². The minimum atomic E-state index is 0.0419. The van der Waals surface area contributed by atoms with Gasteiger partial charge in [0, 0.05) is 19.0 Å².